The van der Waals surface area contributed by atoms with Gasteiger partial charge in [0.1, 0.15) is 0 Å². The lowest BCUT2D eigenvalue weighted by molar-refractivity contribution is 0.204. The van der Waals surface area contributed by atoms with Crippen LogP contribution >= 0.6 is 0 Å². The fraction of sp³-hybridized carbons (Fsp3) is 0.562. The first-order valence-corrected chi connectivity index (χ1v) is 9.49. The van der Waals surface area contributed by atoms with Crippen LogP contribution in [0.3, 0.4) is 0 Å². The summed E-state index contributed by atoms with van der Waals surface area (Å²) in [5.74, 6) is 0.707. The topological polar surface area (TPSA) is 91.8 Å². The van der Waals surface area contributed by atoms with Crippen LogP contribution in [0.4, 0.5) is 0 Å². The normalized spacial score (nSPS) is 12.5. The van der Waals surface area contributed by atoms with E-state index in [1.165, 1.54) is 7.11 Å². The van der Waals surface area contributed by atoms with Gasteiger partial charge in [0.15, 0.2) is 5.96 Å². The Labute approximate surface area is 145 Å². The molecule has 136 valence electrons. The van der Waals surface area contributed by atoms with Crippen LogP contribution in [-0.2, 0) is 21.3 Å². The minimum atomic E-state index is -3.53. The molecule has 0 unspecified atom stereocenters. The lowest BCUT2D eigenvalue weighted by atomic mass is 10.2. The largest absolute Gasteiger partial charge is 0.383 e. The third-order valence-electron chi connectivity index (χ3n) is 3.00. The number of nitrogens with one attached hydrogen (secondary N) is 3. The van der Waals surface area contributed by atoms with Crippen LogP contribution in [0.1, 0.15) is 26.3 Å². The van der Waals surface area contributed by atoms with Gasteiger partial charge in [0.05, 0.1) is 18.0 Å². The molecule has 0 heterocycles. The number of rotatable bonds is 9. The Balaban J connectivity index is 2.84. The first kappa shape index (κ1) is 20.4. The summed E-state index contributed by atoms with van der Waals surface area (Å²) in [5.41, 5.74) is 0.825. The van der Waals surface area contributed by atoms with Gasteiger partial charge in [0.2, 0.25) is 10.0 Å². The van der Waals surface area contributed by atoms with Gasteiger partial charge in [-0.15, -0.1) is 0 Å². The molecule has 3 N–H and O–H groups in total. The van der Waals surface area contributed by atoms with E-state index in [9.17, 15) is 8.42 Å². The monoisotopic (exact) mass is 356 g/mol. The van der Waals surface area contributed by atoms with Gasteiger partial charge in [-0.3, -0.25) is 0 Å². The van der Waals surface area contributed by atoms with Crippen molar-refractivity contribution in [1.29, 1.82) is 0 Å². The average molecular weight is 356 g/mol. The van der Waals surface area contributed by atoms with Crippen molar-refractivity contribution < 1.29 is 13.2 Å². The maximum atomic E-state index is 12.2. The van der Waals surface area contributed by atoms with Crippen LogP contribution in [-0.4, -0.2) is 47.2 Å². The molecule has 0 fully saturated rings. The van der Waals surface area contributed by atoms with E-state index in [4.69, 9.17) is 4.74 Å². The van der Waals surface area contributed by atoms with E-state index in [0.29, 0.717) is 19.1 Å². The van der Waals surface area contributed by atoms with Crippen LogP contribution in [0.25, 0.3) is 0 Å². The molecule has 8 heteroatoms. The second-order valence-electron chi connectivity index (χ2n) is 5.53. The Morgan fingerprint density at radius 3 is 2.71 bits per heavy atom. The molecule has 0 aliphatic carbocycles. The number of ether oxygens (including phenoxy) is 1. The molecular weight excluding hydrogens is 328 g/mol. The molecule has 0 aliphatic rings. The third-order valence-corrected chi connectivity index (χ3v) is 4.46. The minimum Gasteiger partial charge on any atom is -0.383 e. The SMILES string of the molecule is CCNC(=NCc1cccc(S(=O)(=O)NCCOC)c1)NC(C)C. The number of guanidine groups is 1. The van der Waals surface area contributed by atoms with Gasteiger partial charge < -0.3 is 15.4 Å². The first-order valence-electron chi connectivity index (χ1n) is 8.01. The summed E-state index contributed by atoms with van der Waals surface area (Å²) in [4.78, 5) is 4.71. The number of methoxy groups -OCH3 is 1. The zero-order valence-electron chi connectivity index (χ0n) is 14.8. The van der Waals surface area contributed by atoms with Crippen molar-refractivity contribution in [3.63, 3.8) is 0 Å². The second kappa shape index (κ2) is 10.3. The molecule has 1 rings (SSSR count). The van der Waals surface area contributed by atoms with Crippen molar-refractivity contribution in [3.8, 4) is 0 Å². The average Bonchev–Trinajstić information content (AvgIpc) is 2.53. The molecule has 1 aromatic carbocycles. The highest BCUT2D eigenvalue weighted by Gasteiger charge is 2.13. The van der Waals surface area contributed by atoms with Gasteiger partial charge in [-0.05, 0) is 38.5 Å². The molecule has 0 spiro atoms. The molecule has 24 heavy (non-hydrogen) atoms. The highest BCUT2D eigenvalue weighted by Crippen LogP contribution is 2.12. The smallest absolute Gasteiger partial charge is 0.240 e. The fourth-order valence-corrected chi connectivity index (χ4v) is 3.02. The van der Waals surface area contributed by atoms with Crippen molar-refractivity contribution in [2.75, 3.05) is 26.8 Å². The van der Waals surface area contributed by atoms with Gasteiger partial charge in [0, 0.05) is 26.2 Å². The van der Waals surface area contributed by atoms with Crippen LogP contribution in [0, 0.1) is 0 Å². The maximum absolute atomic E-state index is 12.2. The lowest BCUT2D eigenvalue weighted by Crippen LogP contribution is -2.41. The van der Waals surface area contributed by atoms with Crippen molar-refractivity contribution in [3.05, 3.63) is 29.8 Å². The summed E-state index contributed by atoms with van der Waals surface area (Å²) in [6.45, 7) is 7.79. The van der Waals surface area contributed by atoms with E-state index in [2.05, 4.69) is 20.3 Å². The number of sulfonamides is 1. The highest BCUT2D eigenvalue weighted by molar-refractivity contribution is 7.89. The third kappa shape index (κ3) is 7.29. The Hall–Kier alpha value is -1.64. The molecular formula is C16H28N4O3S. The van der Waals surface area contributed by atoms with Crippen LogP contribution in [0.2, 0.25) is 0 Å². The van der Waals surface area contributed by atoms with E-state index in [1.54, 1.807) is 18.2 Å². The van der Waals surface area contributed by atoms with Gasteiger partial charge in [-0.1, -0.05) is 12.1 Å². The number of hydrogen-bond donors (Lipinski definition) is 3. The van der Waals surface area contributed by atoms with E-state index in [1.807, 2.05) is 26.8 Å². The molecule has 0 aliphatic heterocycles. The Morgan fingerprint density at radius 2 is 2.08 bits per heavy atom. The van der Waals surface area contributed by atoms with Crippen LogP contribution in [0.5, 0.6) is 0 Å². The van der Waals surface area contributed by atoms with Gasteiger partial charge >= 0.3 is 0 Å². The molecule has 0 saturated heterocycles. The summed E-state index contributed by atoms with van der Waals surface area (Å²) >= 11 is 0. The lowest BCUT2D eigenvalue weighted by Gasteiger charge is -2.14. The zero-order valence-corrected chi connectivity index (χ0v) is 15.6. The van der Waals surface area contributed by atoms with E-state index in [0.717, 1.165) is 12.1 Å². The first-order chi connectivity index (χ1) is 11.4. The summed E-state index contributed by atoms with van der Waals surface area (Å²) in [6, 6.07) is 7.05. The molecule has 0 atom stereocenters. The zero-order chi connectivity index (χ0) is 18.0. The van der Waals surface area contributed by atoms with E-state index >= 15 is 0 Å². The predicted molar refractivity (Wildman–Crippen MR) is 96.6 cm³/mol. The van der Waals surface area contributed by atoms with E-state index < -0.39 is 10.0 Å². The van der Waals surface area contributed by atoms with Crippen molar-refractivity contribution >= 4 is 16.0 Å². The molecule has 0 bridgehead atoms. The van der Waals surface area contributed by atoms with E-state index in [-0.39, 0.29) is 17.5 Å². The van der Waals surface area contributed by atoms with Crippen LogP contribution < -0.4 is 15.4 Å². The Kier molecular flexibility index (Phi) is 8.73. The standard InChI is InChI=1S/C16H28N4O3S/c1-5-17-16(20-13(2)3)18-12-14-7-6-8-15(11-14)24(21,22)19-9-10-23-4/h6-8,11,13,19H,5,9-10,12H2,1-4H3,(H2,17,18,20). The van der Waals surface area contributed by atoms with Crippen molar-refractivity contribution in [2.45, 2.75) is 38.3 Å². The minimum absolute atomic E-state index is 0.230. The summed E-state index contributed by atoms with van der Waals surface area (Å²) in [7, 11) is -2.00. The maximum Gasteiger partial charge on any atom is 0.240 e. The van der Waals surface area contributed by atoms with Crippen LogP contribution in [0.15, 0.2) is 34.2 Å². The predicted octanol–water partition coefficient (Wildman–Crippen LogP) is 1.07. The summed E-state index contributed by atoms with van der Waals surface area (Å²) < 4.78 is 31.8. The second-order valence-corrected chi connectivity index (χ2v) is 7.30. The molecule has 1 aromatic rings. The molecule has 0 aromatic heterocycles. The van der Waals surface area contributed by atoms with Gasteiger partial charge in [-0.2, -0.15) is 0 Å². The number of aliphatic imine (C=N–C) groups is 1. The summed E-state index contributed by atoms with van der Waals surface area (Å²) in [5, 5.41) is 6.38. The number of benzene rings is 1. The fourth-order valence-electron chi connectivity index (χ4n) is 1.94. The summed E-state index contributed by atoms with van der Waals surface area (Å²) in [6.07, 6.45) is 0. The quantitative estimate of drug-likeness (QED) is 0.350. The molecule has 0 amide bonds. The Morgan fingerprint density at radius 1 is 1.33 bits per heavy atom. The van der Waals surface area contributed by atoms with Crippen molar-refractivity contribution in [2.24, 2.45) is 4.99 Å². The van der Waals surface area contributed by atoms with Gasteiger partial charge in [-0.25, -0.2) is 18.1 Å². The molecule has 7 nitrogen and oxygen atoms in total. The molecule has 0 saturated carbocycles. The number of nitrogens with zero attached hydrogens (tertiary/aromatic N) is 1. The Bertz CT molecular complexity index is 630. The highest BCUT2D eigenvalue weighted by atomic mass is 32.2. The molecule has 0 radical (unpaired) electrons. The van der Waals surface area contributed by atoms with Gasteiger partial charge in [0.25, 0.3) is 0 Å². The van der Waals surface area contributed by atoms with Crippen molar-refractivity contribution in [1.82, 2.24) is 15.4 Å². The number of hydrogen-bond acceptors (Lipinski definition) is 4.